The molecule has 0 spiro atoms. The first-order valence-electron chi connectivity index (χ1n) is 7.73. The van der Waals surface area contributed by atoms with Crippen LogP contribution >= 0.6 is 0 Å². The molecule has 1 unspecified atom stereocenters. The van der Waals surface area contributed by atoms with Crippen LogP contribution in [0, 0.1) is 16.0 Å². The van der Waals surface area contributed by atoms with Crippen molar-refractivity contribution in [2.75, 3.05) is 26.7 Å². The molecule has 24 heavy (non-hydrogen) atoms. The van der Waals surface area contributed by atoms with E-state index >= 15 is 0 Å². The molecule has 1 N–H and O–H groups in total. The zero-order valence-corrected chi connectivity index (χ0v) is 13.4. The lowest BCUT2D eigenvalue weighted by Crippen LogP contribution is -2.39. The van der Waals surface area contributed by atoms with E-state index in [1.807, 2.05) is 4.90 Å². The predicted molar refractivity (Wildman–Crippen MR) is 85.4 cm³/mol. The maximum Gasteiger partial charge on any atom is 0.311 e. The molecule has 8 heteroatoms. The second-order valence-electron chi connectivity index (χ2n) is 5.79. The van der Waals surface area contributed by atoms with Gasteiger partial charge in [0.15, 0.2) is 11.5 Å². The monoisotopic (exact) mass is 336 g/mol. The number of carbonyl (C=O) groups is 2. The van der Waals surface area contributed by atoms with Crippen molar-refractivity contribution in [3.63, 3.8) is 0 Å². The molecule has 1 aromatic rings. The van der Waals surface area contributed by atoms with Crippen molar-refractivity contribution < 1.29 is 24.4 Å². The molecule has 2 rings (SSSR count). The van der Waals surface area contributed by atoms with Crippen LogP contribution in [-0.4, -0.2) is 53.4 Å². The molecule has 130 valence electrons. The molecule has 1 aliphatic heterocycles. The van der Waals surface area contributed by atoms with Crippen molar-refractivity contribution in [1.82, 2.24) is 4.90 Å². The van der Waals surface area contributed by atoms with E-state index in [1.54, 1.807) is 0 Å². The van der Waals surface area contributed by atoms with Gasteiger partial charge in [0.05, 0.1) is 18.0 Å². The number of carboxylic acid groups (broad SMARTS) is 1. The van der Waals surface area contributed by atoms with Crippen LogP contribution in [0.5, 0.6) is 5.75 Å². The van der Waals surface area contributed by atoms with Crippen LogP contribution in [0.1, 0.15) is 29.6 Å². The number of nitrogens with zero attached hydrogens (tertiary/aromatic N) is 2. The predicted octanol–water partition coefficient (Wildman–Crippen LogP) is 1.97. The van der Waals surface area contributed by atoms with Gasteiger partial charge in [0.25, 0.3) is 0 Å². The van der Waals surface area contributed by atoms with E-state index in [2.05, 4.69) is 0 Å². The van der Waals surface area contributed by atoms with Crippen molar-refractivity contribution in [1.29, 1.82) is 0 Å². The number of carboxylic acids is 1. The van der Waals surface area contributed by atoms with Crippen molar-refractivity contribution in [3.8, 4) is 5.75 Å². The van der Waals surface area contributed by atoms with Gasteiger partial charge in [-0.25, -0.2) is 0 Å². The number of hydrogen-bond donors (Lipinski definition) is 1. The summed E-state index contributed by atoms with van der Waals surface area (Å²) in [4.78, 5) is 35.7. The SMILES string of the molecule is COc1ccc(C(=O)CCN2CCCC(C(=O)O)C2)cc1[N+](=O)[O-]. The number of piperidine rings is 1. The minimum atomic E-state index is -0.809. The van der Waals surface area contributed by atoms with Crippen LogP contribution in [0.2, 0.25) is 0 Å². The molecule has 0 radical (unpaired) electrons. The number of nitro benzene ring substituents is 1. The van der Waals surface area contributed by atoms with Crippen LogP contribution in [0.15, 0.2) is 18.2 Å². The lowest BCUT2D eigenvalue weighted by atomic mass is 9.98. The summed E-state index contributed by atoms with van der Waals surface area (Å²) in [5, 5.41) is 20.1. The Morgan fingerprint density at radius 2 is 2.21 bits per heavy atom. The molecule has 1 atom stereocenters. The van der Waals surface area contributed by atoms with Gasteiger partial charge in [0.1, 0.15) is 0 Å². The van der Waals surface area contributed by atoms with E-state index in [9.17, 15) is 19.7 Å². The summed E-state index contributed by atoms with van der Waals surface area (Å²) >= 11 is 0. The number of carbonyl (C=O) groups excluding carboxylic acids is 1. The lowest BCUT2D eigenvalue weighted by Gasteiger charge is -2.30. The average molecular weight is 336 g/mol. The molecule has 1 aromatic carbocycles. The molecule has 0 aliphatic carbocycles. The summed E-state index contributed by atoms with van der Waals surface area (Å²) in [5.74, 6) is -1.30. The average Bonchev–Trinajstić information content (AvgIpc) is 2.59. The Hall–Kier alpha value is -2.48. The van der Waals surface area contributed by atoms with Crippen molar-refractivity contribution >= 4 is 17.4 Å². The highest BCUT2D eigenvalue weighted by Crippen LogP contribution is 2.28. The van der Waals surface area contributed by atoms with E-state index in [1.165, 1.54) is 25.3 Å². The van der Waals surface area contributed by atoms with Crippen molar-refractivity contribution in [2.45, 2.75) is 19.3 Å². The summed E-state index contributed by atoms with van der Waals surface area (Å²) in [7, 11) is 1.33. The lowest BCUT2D eigenvalue weighted by molar-refractivity contribution is -0.385. The molecule has 1 heterocycles. The molecular weight excluding hydrogens is 316 g/mol. The number of aliphatic carboxylic acids is 1. The Labute approximate surface area is 139 Å². The highest BCUT2D eigenvalue weighted by molar-refractivity contribution is 5.97. The molecule has 0 amide bonds. The third kappa shape index (κ3) is 4.29. The molecule has 0 bridgehead atoms. The molecular formula is C16H20N2O6. The quantitative estimate of drug-likeness (QED) is 0.460. The second kappa shape index (κ2) is 7.87. The number of ketones is 1. The number of nitro groups is 1. The number of benzene rings is 1. The zero-order chi connectivity index (χ0) is 17.7. The van der Waals surface area contributed by atoms with Gasteiger partial charge >= 0.3 is 11.7 Å². The third-order valence-corrected chi connectivity index (χ3v) is 4.21. The van der Waals surface area contributed by atoms with Gasteiger partial charge in [-0.1, -0.05) is 0 Å². The number of hydrogen-bond acceptors (Lipinski definition) is 6. The smallest absolute Gasteiger partial charge is 0.311 e. The van der Waals surface area contributed by atoms with Crippen LogP contribution in [-0.2, 0) is 4.79 Å². The summed E-state index contributed by atoms with van der Waals surface area (Å²) in [6.07, 6.45) is 1.64. The van der Waals surface area contributed by atoms with Gasteiger partial charge in [-0.3, -0.25) is 19.7 Å². The maximum absolute atomic E-state index is 12.3. The molecule has 1 fully saturated rings. The maximum atomic E-state index is 12.3. The largest absolute Gasteiger partial charge is 0.490 e. The highest BCUT2D eigenvalue weighted by atomic mass is 16.6. The minimum absolute atomic E-state index is 0.108. The Morgan fingerprint density at radius 3 is 2.83 bits per heavy atom. The summed E-state index contributed by atoms with van der Waals surface area (Å²) in [6.45, 7) is 1.65. The number of Topliss-reactive ketones (excluding diaryl/α,β-unsaturated/α-hetero) is 1. The topological polar surface area (TPSA) is 110 Å². The number of ether oxygens (including phenoxy) is 1. The van der Waals surface area contributed by atoms with Gasteiger partial charge in [-0.15, -0.1) is 0 Å². The normalized spacial score (nSPS) is 18.1. The van der Waals surface area contributed by atoms with Crippen molar-refractivity contribution in [3.05, 3.63) is 33.9 Å². The van der Waals surface area contributed by atoms with Gasteiger partial charge in [-0.05, 0) is 31.5 Å². The fourth-order valence-electron chi connectivity index (χ4n) is 2.87. The number of methoxy groups -OCH3 is 1. The van der Waals surface area contributed by atoms with Crippen LogP contribution in [0.3, 0.4) is 0 Å². The first kappa shape index (κ1) is 17.9. The summed E-state index contributed by atoms with van der Waals surface area (Å²) in [5.41, 5.74) is 0.0153. The third-order valence-electron chi connectivity index (χ3n) is 4.21. The number of rotatable bonds is 7. The van der Waals surface area contributed by atoms with Crippen LogP contribution in [0.4, 0.5) is 5.69 Å². The Kier molecular flexibility index (Phi) is 5.86. The molecule has 8 nitrogen and oxygen atoms in total. The van der Waals surface area contributed by atoms with Crippen LogP contribution in [0.25, 0.3) is 0 Å². The van der Waals surface area contributed by atoms with E-state index < -0.39 is 16.8 Å². The van der Waals surface area contributed by atoms with Gasteiger partial charge in [0.2, 0.25) is 0 Å². The van der Waals surface area contributed by atoms with Crippen LogP contribution < -0.4 is 4.74 Å². The molecule has 0 aromatic heterocycles. The number of likely N-dealkylation sites (tertiary alicyclic amines) is 1. The molecule has 1 aliphatic rings. The Balaban J connectivity index is 1.98. The first-order chi connectivity index (χ1) is 11.4. The van der Waals surface area contributed by atoms with Gasteiger partial charge in [-0.2, -0.15) is 0 Å². The summed E-state index contributed by atoms with van der Waals surface area (Å²) in [6, 6.07) is 4.13. The second-order valence-corrected chi connectivity index (χ2v) is 5.79. The van der Waals surface area contributed by atoms with Gasteiger partial charge in [0, 0.05) is 31.1 Å². The van der Waals surface area contributed by atoms with Gasteiger partial charge < -0.3 is 14.7 Å². The van der Waals surface area contributed by atoms with E-state index in [4.69, 9.17) is 9.84 Å². The summed E-state index contributed by atoms with van der Waals surface area (Å²) < 4.78 is 4.91. The minimum Gasteiger partial charge on any atom is -0.490 e. The Bertz CT molecular complexity index is 645. The molecule has 1 saturated heterocycles. The molecule has 0 saturated carbocycles. The first-order valence-corrected chi connectivity index (χ1v) is 7.73. The zero-order valence-electron chi connectivity index (χ0n) is 13.4. The Morgan fingerprint density at radius 1 is 1.46 bits per heavy atom. The van der Waals surface area contributed by atoms with E-state index in [0.717, 1.165) is 13.0 Å². The van der Waals surface area contributed by atoms with E-state index in [-0.39, 0.29) is 29.2 Å². The van der Waals surface area contributed by atoms with E-state index in [0.29, 0.717) is 19.5 Å². The highest BCUT2D eigenvalue weighted by Gasteiger charge is 2.25. The fraction of sp³-hybridized carbons (Fsp3) is 0.500. The standard InChI is InChI=1S/C16H20N2O6/c1-24-15-5-4-11(9-13(15)18(22)23)14(19)6-8-17-7-2-3-12(10-17)16(20)21/h4-5,9,12H,2-3,6-8,10H2,1H3,(H,20,21). The van der Waals surface area contributed by atoms with Crippen molar-refractivity contribution in [2.24, 2.45) is 5.92 Å². The fourth-order valence-corrected chi connectivity index (χ4v) is 2.87.